The maximum atomic E-state index is 5.80. The third kappa shape index (κ3) is 3.06. The van der Waals surface area contributed by atoms with Gasteiger partial charge < -0.3 is 0 Å². The smallest absolute Gasteiger partial charge is 0.0662 e. The number of nitrogens with one attached hydrogen (secondary N) is 1. The van der Waals surface area contributed by atoms with Gasteiger partial charge in [-0.15, -0.1) is 6.42 Å². The Balaban J connectivity index is 2.66. The Morgan fingerprint density at radius 2 is 1.86 bits per heavy atom. The second kappa shape index (κ2) is 5.05. The molecule has 2 atom stereocenters. The topological polar surface area (TPSA) is 12.0 Å². The molecule has 74 valence electrons. The lowest BCUT2D eigenvalue weighted by Gasteiger charge is -2.16. The Labute approximate surface area is 90.5 Å². The van der Waals surface area contributed by atoms with Gasteiger partial charge in [0.05, 0.1) is 6.04 Å². The van der Waals surface area contributed by atoms with Crippen molar-refractivity contribution in [2.45, 2.75) is 25.9 Å². The van der Waals surface area contributed by atoms with Crippen LogP contribution in [-0.4, -0.2) is 6.04 Å². The van der Waals surface area contributed by atoms with Gasteiger partial charge in [-0.25, -0.2) is 0 Å². The van der Waals surface area contributed by atoms with Crippen LogP contribution in [0.1, 0.15) is 25.5 Å². The molecule has 1 nitrogen and oxygen atoms in total. The van der Waals surface area contributed by atoms with Gasteiger partial charge in [0.15, 0.2) is 0 Å². The maximum Gasteiger partial charge on any atom is 0.0662 e. The van der Waals surface area contributed by atoms with Gasteiger partial charge in [0, 0.05) is 11.1 Å². The van der Waals surface area contributed by atoms with E-state index in [-0.39, 0.29) is 12.1 Å². The zero-order valence-electron chi connectivity index (χ0n) is 8.42. The largest absolute Gasteiger partial charge is 0.297 e. The molecule has 0 saturated heterocycles. The minimum Gasteiger partial charge on any atom is -0.297 e. The normalized spacial score (nSPS) is 14.4. The van der Waals surface area contributed by atoms with Gasteiger partial charge in [0.1, 0.15) is 0 Å². The third-order valence-electron chi connectivity index (χ3n) is 2.12. The van der Waals surface area contributed by atoms with E-state index >= 15 is 0 Å². The summed E-state index contributed by atoms with van der Waals surface area (Å²) in [7, 11) is 0. The Morgan fingerprint density at radius 3 is 2.36 bits per heavy atom. The molecule has 0 aliphatic carbocycles. The van der Waals surface area contributed by atoms with Crippen LogP contribution in [0.15, 0.2) is 24.3 Å². The minimum absolute atomic E-state index is 0.0840. The van der Waals surface area contributed by atoms with Gasteiger partial charge in [-0.3, -0.25) is 5.32 Å². The van der Waals surface area contributed by atoms with E-state index in [4.69, 9.17) is 18.0 Å². The monoisotopic (exact) mass is 207 g/mol. The van der Waals surface area contributed by atoms with Crippen molar-refractivity contribution < 1.29 is 0 Å². The Morgan fingerprint density at radius 1 is 1.29 bits per heavy atom. The van der Waals surface area contributed by atoms with E-state index < -0.39 is 0 Å². The summed E-state index contributed by atoms with van der Waals surface area (Å²) in [5.74, 6) is 2.64. The van der Waals surface area contributed by atoms with Crippen molar-refractivity contribution in [2.75, 3.05) is 0 Å². The highest BCUT2D eigenvalue weighted by Gasteiger charge is 2.06. The van der Waals surface area contributed by atoms with Crippen LogP contribution in [0.4, 0.5) is 0 Å². The van der Waals surface area contributed by atoms with Crippen molar-refractivity contribution >= 4 is 11.6 Å². The quantitative estimate of drug-likeness (QED) is 0.752. The zero-order valence-corrected chi connectivity index (χ0v) is 9.18. The molecule has 2 heteroatoms. The first kappa shape index (κ1) is 11.1. The first-order chi connectivity index (χ1) is 6.63. The summed E-state index contributed by atoms with van der Waals surface area (Å²) in [5.41, 5.74) is 1.19. The summed E-state index contributed by atoms with van der Waals surface area (Å²) in [6.07, 6.45) is 5.29. The van der Waals surface area contributed by atoms with Crippen molar-refractivity contribution in [3.05, 3.63) is 34.9 Å². The third-order valence-corrected chi connectivity index (χ3v) is 2.37. The molecule has 0 fully saturated rings. The predicted molar refractivity (Wildman–Crippen MR) is 61.3 cm³/mol. The van der Waals surface area contributed by atoms with Crippen molar-refractivity contribution in [3.63, 3.8) is 0 Å². The second-order valence-corrected chi connectivity index (χ2v) is 3.76. The van der Waals surface area contributed by atoms with E-state index in [1.165, 1.54) is 5.56 Å². The van der Waals surface area contributed by atoms with E-state index in [2.05, 4.69) is 18.2 Å². The molecule has 0 aliphatic rings. The molecular weight excluding hydrogens is 194 g/mol. The molecule has 0 aliphatic heterocycles. The van der Waals surface area contributed by atoms with Crippen LogP contribution >= 0.6 is 11.6 Å². The fourth-order valence-electron chi connectivity index (χ4n) is 1.27. The highest BCUT2D eigenvalue weighted by molar-refractivity contribution is 6.30. The zero-order chi connectivity index (χ0) is 10.6. The van der Waals surface area contributed by atoms with Crippen LogP contribution in [0.3, 0.4) is 0 Å². The number of hydrogen-bond acceptors (Lipinski definition) is 1. The fraction of sp³-hybridized carbons (Fsp3) is 0.333. The van der Waals surface area contributed by atoms with Gasteiger partial charge in [-0.05, 0) is 31.5 Å². The summed E-state index contributed by atoms with van der Waals surface area (Å²) < 4.78 is 0. The summed E-state index contributed by atoms with van der Waals surface area (Å²) in [5, 5.41) is 4.04. The number of halogens is 1. The maximum absolute atomic E-state index is 5.80. The van der Waals surface area contributed by atoms with E-state index in [0.717, 1.165) is 5.02 Å². The molecular formula is C12H14ClN. The van der Waals surface area contributed by atoms with Crippen molar-refractivity contribution in [2.24, 2.45) is 0 Å². The van der Waals surface area contributed by atoms with Crippen molar-refractivity contribution in [1.29, 1.82) is 0 Å². The van der Waals surface area contributed by atoms with Gasteiger partial charge in [0.25, 0.3) is 0 Å². The van der Waals surface area contributed by atoms with Gasteiger partial charge in [0.2, 0.25) is 0 Å². The summed E-state index contributed by atoms with van der Waals surface area (Å²) in [6.45, 7) is 4.05. The van der Waals surface area contributed by atoms with Gasteiger partial charge >= 0.3 is 0 Å². The van der Waals surface area contributed by atoms with E-state index in [9.17, 15) is 0 Å². The lowest BCUT2D eigenvalue weighted by Crippen LogP contribution is -2.27. The first-order valence-corrected chi connectivity index (χ1v) is 4.99. The molecule has 0 radical (unpaired) electrons. The Hall–Kier alpha value is -0.970. The highest BCUT2D eigenvalue weighted by Crippen LogP contribution is 2.16. The predicted octanol–water partition coefficient (Wildman–Crippen LogP) is 3.01. The number of hydrogen-bond donors (Lipinski definition) is 1. The first-order valence-electron chi connectivity index (χ1n) is 4.61. The number of terminal acetylenes is 1. The number of benzene rings is 1. The minimum atomic E-state index is 0.0840. The van der Waals surface area contributed by atoms with Crippen LogP contribution in [0.5, 0.6) is 0 Å². The standard InChI is InChI=1S/C12H14ClN/c1-4-9(2)14-10(3)11-5-7-12(13)8-6-11/h1,5-10,14H,2-3H3. The lowest BCUT2D eigenvalue weighted by atomic mass is 10.1. The molecule has 0 saturated carbocycles. The molecule has 1 aromatic carbocycles. The van der Waals surface area contributed by atoms with Crippen LogP contribution in [0, 0.1) is 12.3 Å². The van der Waals surface area contributed by atoms with Gasteiger partial charge in [-0.2, -0.15) is 0 Å². The summed E-state index contributed by atoms with van der Waals surface area (Å²) in [4.78, 5) is 0. The molecule has 0 aromatic heterocycles. The van der Waals surface area contributed by atoms with Crippen molar-refractivity contribution in [1.82, 2.24) is 5.32 Å². The molecule has 2 unspecified atom stereocenters. The number of rotatable bonds is 3. The van der Waals surface area contributed by atoms with Crippen LogP contribution < -0.4 is 5.32 Å². The molecule has 14 heavy (non-hydrogen) atoms. The molecule has 0 spiro atoms. The Kier molecular flexibility index (Phi) is 4.00. The van der Waals surface area contributed by atoms with Crippen LogP contribution in [0.25, 0.3) is 0 Å². The molecule has 0 heterocycles. The second-order valence-electron chi connectivity index (χ2n) is 3.33. The average molecular weight is 208 g/mol. The van der Waals surface area contributed by atoms with Crippen molar-refractivity contribution in [3.8, 4) is 12.3 Å². The van der Waals surface area contributed by atoms with E-state index in [1.807, 2.05) is 31.2 Å². The lowest BCUT2D eigenvalue weighted by molar-refractivity contribution is 0.546. The van der Waals surface area contributed by atoms with E-state index in [1.54, 1.807) is 0 Å². The summed E-state index contributed by atoms with van der Waals surface area (Å²) in [6, 6.07) is 8.11. The average Bonchev–Trinajstić information content (AvgIpc) is 2.18. The van der Waals surface area contributed by atoms with Crippen LogP contribution in [-0.2, 0) is 0 Å². The summed E-state index contributed by atoms with van der Waals surface area (Å²) >= 11 is 5.80. The SMILES string of the molecule is C#CC(C)NC(C)c1ccc(Cl)cc1. The Bertz CT molecular complexity index is 323. The molecule has 0 amide bonds. The van der Waals surface area contributed by atoms with E-state index in [0.29, 0.717) is 0 Å². The molecule has 0 bridgehead atoms. The van der Waals surface area contributed by atoms with Gasteiger partial charge in [-0.1, -0.05) is 29.7 Å². The van der Waals surface area contributed by atoms with Crippen LogP contribution in [0.2, 0.25) is 5.02 Å². The fourth-order valence-corrected chi connectivity index (χ4v) is 1.40. The molecule has 1 N–H and O–H groups in total. The molecule has 1 rings (SSSR count). The molecule has 1 aromatic rings. The highest BCUT2D eigenvalue weighted by atomic mass is 35.5.